The van der Waals surface area contributed by atoms with E-state index in [4.69, 9.17) is 37.8 Å². The molecule has 3 aliphatic rings. The second-order valence-electron chi connectivity index (χ2n) is 12.6. The number of ether oxygens (including phenoxy) is 2. The first-order chi connectivity index (χ1) is 23.2. The van der Waals surface area contributed by atoms with Gasteiger partial charge in [0.1, 0.15) is 17.1 Å². The molecule has 1 aromatic heterocycles. The van der Waals surface area contributed by atoms with E-state index in [1.807, 2.05) is 54.9 Å². The Morgan fingerprint density at radius 1 is 1.10 bits per heavy atom. The van der Waals surface area contributed by atoms with Crippen LogP contribution in [0.15, 0.2) is 72.8 Å². The maximum Gasteiger partial charge on any atom is 0.338 e. The van der Waals surface area contributed by atoms with Crippen molar-refractivity contribution in [1.82, 2.24) is 14.7 Å². The third-order valence-corrected chi connectivity index (χ3v) is 10.7. The number of methoxy groups -OCH3 is 1. The summed E-state index contributed by atoms with van der Waals surface area (Å²) in [5.41, 5.74) is 3.96. The molecular weight excluding hydrogens is 654 g/mol. The molecule has 8 rings (SSSR count). The zero-order valence-corrected chi connectivity index (χ0v) is 27.9. The highest BCUT2D eigenvalue weighted by Gasteiger charge is 2.69. The van der Waals surface area contributed by atoms with Crippen molar-refractivity contribution >= 4 is 51.7 Å². The molecular formula is C37H31Cl2FN4O4. The SMILES string of the molecule is CCOc1cccc(CN2C3Cc4c5cc(C)c(C(=O)OC)cc5nn4[C@H]3[C@H](c3cccc(Cl)c3F)[C@]23C(=O)Nc2cc(Cl)ccc23)c1. The maximum atomic E-state index is 16.4. The van der Waals surface area contributed by atoms with Gasteiger partial charge in [0.05, 0.1) is 35.9 Å². The average Bonchev–Trinajstić information content (AvgIpc) is 3.76. The van der Waals surface area contributed by atoms with Gasteiger partial charge in [0.2, 0.25) is 5.91 Å². The lowest BCUT2D eigenvalue weighted by Crippen LogP contribution is -2.52. The second kappa shape index (κ2) is 11.3. The number of benzene rings is 4. The van der Waals surface area contributed by atoms with Crippen molar-refractivity contribution < 1.29 is 23.5 Å². The lowest BCUT2D eigenvalue weighted by Gasteiger charge is -2.40. The Labute approximate surface area is 286 Å². The average molecular weight is 686 g/mol. The molecule has 4 aromatic carbocycles. The Hall–Kier alpha value is -4.44. The molecule has 4 atom stereocenters. The molecule has 1 fully saturated rings. The lowest BCUT2D eigenvalue weighted by molar-refractivity contribution is -0.128. The van der Waals surface area contributed by atoms with Gasteiger partial charge in [-0.15, -0.1) is 0 Å². The summed E-state index contributed by atoms with van der Waals surface area (Å²) in [6.45, 7) is 4.68. The standard InChI is InChI=1S/C37H31Cl2FN4O4/c1-4-48-22-8-5-7-20(14-22)18-43-31-17-30-25-13-19(2)24(35(45)47-3)16-28(25)42-44(30)34(31)32(23-9-6-10-27(39)33(23)40)37(43)26-12-11-21(38)15-29(26)41-36(37)46/h5-16,31-32,34H,4,17-18H2,1-3H3,(H,41,46)/t31?,32-,34+,37+/m0/s1. The fraction of sp³-hybridized carbons (Fsp3) is 0.270. The molecule has 1 amide bonds. The van der Waals surface area contributed by atoms with Crippen molar-refractivity contribution in [2.24, 2.45) is 0 Å². The van der Waals surface area contributed by atoms with E-state index in [-0.39, 0.29) is 17.0 Å². The topological polar surface area (TPSA) is 85.7 Å². The minimum absolute atomic E-state index is 0.0287. The summed E-state index contributed by atoms with van der Waals surface area (Å²) in [7, 11) is 1.35. The first kappa shape index (κ1) is 30.9. The van der Waals surface area contributed by atoms with Crippen LogP contribution in [0.25, 0.3) is 10.9 Å². The molecule has 0 radical (unpaired) electrons. The summed E-state index contributed by atoms with van der Waals surface area (Å²) in [6, 6.07) is 21.1. The summed E-state index contributed by atoms with van der Waals surface area (Å²) in [4.78, 5) is 29.6. The highest BCUT2D eigenvalue weighted by Crippen LogP contribution is 2.64. The van der Waals surface area contributed by atoms with Crippen LogP contribution in [0.2, 0.25) is 10.0 Å². The molecule has 11 heteroatoms. The van der Waals surface area contributed by atoms with Crippen molar-refractivity contribution in [3.63, 3.8) is 0 Å². The number of carbonyl (C=O) groups excluding carboxylic acids is 2. The molecule has 1 saturated heterocycles. The molecule has 5 aromatic rings. The number of aromatic nitrogens is 2. The van der Waals surface area contributed by atoms with Gasteiger partial charge in [-0.25, -0.2) is 9.18 Å². The number of esters is 1. The second-order valence-corrected chi connectivity index (χ2v) is 13.4. The summed E-state index contributed by atoms with van der Waals surface area (Å²) >= 11 is 12.9. The third-order valence-electron chi connectivity index (χ3n) is 10.1. The fourth-order valence-corrected chi connectivity index (χ4v) is 8.67. The van der Waals surface area contributed by atoms with E-state index >= 15 is 4.39 Å². The number of rotatable bonds is 6. The van der Waals surface area contributed by atoms with Crippen LogP contribution >= 0.6 is 23.2 Å². The minimum atomic E-state index is -1.36. The van der Waals surface area contributed by atoms with E-state index in [2.05, 4.69) is 10.2 Å². The largest absolute Gasteiger partial charge is 0.494 e. The Morgan fingerprint density at radius 3 is 2.71 bits per heavy atom. The van der Waals surface area contributed by atoms with E-state index in [0.717, 1.165) is 28.0 Å². The molecule has 0 saturated carbocycles. The van der Waals surface area contributed by atoms with Crippen molar-refractivity contribution in [1.29, 1.82) is 0 Å². The van der Waals surface area contributed by atoms with Crippen LogP contribution in [0.5, 0.6) is 5.75 Å². The first-order valence-corrected chi connectivity index (χ1v) is 16.6. The van der Waals surface area contributed by atoms with E-state index in [0.29, 0.717) is 52.5 Å². The number of carbonyl (C=O) groups is 2. The van der Waals surface area contributed by atoms with Crippen LogP contribution < -0.4 is 10.1 Å². The number of nitrogens with one attached hydrogen (secondary N) is 1. The van der Waals surface area contributed by atoms with Gasteiger partial charge in [0.15, 0.2) is 0 Å². The first-order valence-electron chi connectivity index (χ1n) is 15.8. The number of halogens is 3. The number of amides is 1. The molecule has 0 aliphatic carbocycles. The van der Waals surface area contributed by atoms with E-state index in [9.17, 15) is 9.59 Å². The monoisotopic (exact) mass is 684 g/mol. The molecule has 244 valence electrons. The van der Waals surface area contributed by atoms with Crippen LogP contribution in [0.4, 0.5) is 10.1 Å². The summed E-state index contributed by atoms with van der Waals surface area (Å²) in [5, 5.41) is 9.51. The van der Waals surface area contributed by atoms with Gasteiger partial charge in [-0.3, -0.25) is 14.4 Å². The highest BCUT2D eigenvalue weighted by atomic mass is 35.5. The van der Waals surface area contributed by atoms with Crippen LogP contribution in [0.3, 0.4) is 0 Å². The molecule has 4 heterocycles. The maximum absolute atomic E-state index is 16.4. The Balaban J connectivity index is 1.40. The molecule has 48 heavy (non-hydrogen) atoms. The molecule has 1 spiro atoms. The van der Waals surface area contributed by atoms with Crippen LogP contribution in [0, 0.1) is 12.7 Å². The minimum Gasteiger partial charge on any atom is -0.494 e. The fourth-order valence-electron chi connectivity index (χ4n) is 8.31. The van der Waals surface area contributed by atoms with Gasteiger partial charge in [-0.1, -0.05) is 53.5 Å². The van der Waals surface area contributed by atoms with Crippen molar-refractivity contribution in [2.75, 3.05) is 19.0 Å². The molecule has 1 N–H and O–H groups in total. The highest BCUT2D eigenvalue weighted by molar-refractivity contribution is 6.31. The Morgan fingerprint density at radius 2 is 1.92 bits per heavy atom. The number of anilines is 1. The predicted molar refractivity (Wildman–Crippen MR) is 181 cm³/mol. The number of likely N-dealkylation sites (tertiary alicyclic amines) is 1. The Bertz CT molecular complexity index is 2170. The van der Waals surface area contributed by atoms with Gasteiger partial charge in [0.25, 0.3) is 0 Å². The van der Waals surface area contributed by atoms with Crippen LogP contribution in [-0.4, -0.2) is 46.3 Å². The van der Waals surface area contributed by atoms with E-state index in [1.165, 1.54) is 13.2 Å². The number of hydrogen-bond donors (Lipinski definition) is 1. The normalized spacial score (nSPS) is 22.5. The van der Waals surface area contributed by atoms with Crippen molar-refractivity contribution in [2.45, 2.75) is 50.4 Å². The predicted octanol–water partition coefficient (Wildman–Crippen LogP) is 7.59. The van der Waals surface area contributed by atoms with Gasteiger partial charge < -0.3 is 14.8 Å². The number of nitrogens with zero attached hydrogens (tertiary/aromatic N) is 3. The Kier molecular flexibility index (Phi) is 7.28. The third kappa shape index (κ3) is 4.34. The van der Waals surface area contributed by atoms with Crippen molar-refractivity contribution in [3.8, 4) is 5.75 Å². The van der Waals surface area contributed by atoms with Gasteiger partial charge in [-0.2, -0.15) is 5.10 Å². The van der Waals surface area contributed by atoms with E-state index < -0.39 is 29.3 Å². The zero-order valence-electron chi connectivity index (χ0n) is 26.4. The summed E-state index contributed by atoms with van der Waals surface area (Å²) in [5.74, 6) is -1.33. The summed E-state index contributed by atoms with van der Waals surface area (Å²) in [6.07, 6.45) is 0.528. The lowest BCUT2D eigenvalue weighted by atomic mass is 9.73. The summed E-state index contributed by atoms with van der Waals surface area (Å²) < 4.78 is 29.2. The molecule has 8 nitrogen and oxygen atoms in total. The smallest absolute Gasteiger partial charge is 0.338 e. The number of hydrogen-bond acceptors (Lipinski definition) is 6. The van der Waals surface area contributed by atoms with Gasteiger partial charge in [-0.05, 0) is 73.0 Å². The van der Waals surface area contributed by atoms with Gasteiger partial charge >= 0.3 is 5.97 Å². The van der Waals surface area contributed by atoms with Gasteiger partial charge in [0, 0.05) is 52.3 Å². The van der Waals surface area contributed by atoms with Crippen molar-refractivity contribution in [3.05, 3.63) is 122 Å². The molecule has 1 unspecified atom stereocenters. The zero-order chi connectivity index (χ0) is 33.5. The number of fused-ring (bicyclic) bond motifs is 7. The number of aryl methyl sites for hydroxylation is 1. The molecule has 3 aliphatic heterocycles. The molecule has 0 bridgehead atoms. The quantitative estimate of drug-likeness (QED) is 0.186. The van der Waals surface area contributed by atoms with E-state index in [1.54, 1.807) is 30.3 Å². The van der Waals surface area contributed by atoms with Crippen LogP contribution in [-0.2, 0) is 28.0 Å². The van der Waals surface area contributed by atoms with Crippen LogP contribution in [0.1, 0.15) is 57.2 Å².